The number of carboxylic acid groups (broad SMARTS) is 1. The zero-order chi connectivity index (χ0) is 15.4. The van der Waals surface area contributed by atoms with Crippen LogP contribution >= 0.6 is 0 Å². The highest BCUT2D eigenvalue weighted by Crippen LogP contribution is 2.23. The van der Waals surface area contributed by atoms with Crippen LogP contribution in [0, 0.1) is 18.8 Å². The highest BCUT2D eigenvalue weighted by molar-refractivity contribution is 5.96. The van der Waals surface area contributed by atoms with Crippen LogP contribution in [0.25, 0.3) is 0 Å². The SMILES string of the molecule is Cc1ccc(N(CCC(=O)O)C(=O)[C@@H]2CNC[C@H]2C)cc1. The number of amides is 1. The van der Waals surface area contributed by atoms with Gasteiger partial charge in [-0.2, -0.15) is 0 Å². The predicted molar refractivity (Wildman–Crippen MR) is 81.3 cm³/mol. The van der Waals surface area contributed by atoms with Crippen molar-refractivity contribution in [3.05, 3.63) is 29.8 Å². The van der Waals surface area contributed by atoms with E-state index in [1.165, 1.54) is 0 Å². The zero-order valence-corrected chi connectivity index (χ0v) is 12.5. The Balaban J connectivity index is 2.20. The normalized spacial score (nSPS) is 21.2. The van der Waals surface area contributed by atoms with Gasteiger partial charge < -0.3 is 15.3 Å². The first kappa shape index (κ1) is 15.5. The molecule has 21 heavy (non-hydrogen) atoms. The van der Waals surface area contributed by atoms with Crippen molar-refractivity contribution in [1.82, 2.24) is 5.32 Å². The lowest BCUT2D eigenvalue weighted by Gasteiger charge is -2.26. The first-order valence-electron chi connectivity index (χ1n) is 7.29. The summed E-state index contributed by atoms with van der Waals surface area (Å²) in [6.45, 7) is 5.73. The number of anilines is 1. The average molecular weight is 290 g/mol. The third kappa shape index (κ3) is 3.82. The highest BCUT2D eigenvalue weighted by Gasteiger charge is 2.33. The Bertz CT molecular complexity index is 513. The molecule has 2 atom stereocenters. The Morgan fingerprint density at radius 1 is 1.29 bits per heavy atom. The molecule has 0 spiro atoms. The van der Waals surface area contributed by atoms with E-state index < -0.39 is 5.97 Å². The number of benzene rings is 1. The van der Waals surface area contributed by atoms with E-state index in [1.54, 1.807) is 4.90 Å². The van der Waals surface area contributed by atoms with E-state index in [0.717, 1.165) is 17.8 Å². The van der Waals surface area contributed by atoms with Crippen LogP contribution < -0.4 is 10.2 Å². The zero-order valence-electron chi connectivity index (χ0n) is 12.5. The third-order valence-electron chi connectivity index (χ3n) is 4.00. The van der Waals surface area contributed by atoms with E-state index in [0.29, 0.717) is 6.54 Å². The van der Waals surface area contributed by atoms with Gasteiger partial charge in [-0.1, -0.05) is 24.6 Å². The molecule has 0 bridgehead atoms. The van der Waals surface area contributed by atoms with E-state index in [1.807, 2.05) is 38.1 Å². The molecule has 1 aliphatic rings. The molecule has 1 fully saturated rings. The van der Waals surface area contributed by atoms with E-state index in [-0.39, 0.29) is 30.7 Å². The van der Waals surface area contributed by atoms with Gasteiger partial charge in [-0.3, -0.25) is 9.59 Å². The minimum atomic E-state index is -0.891. The van der Waals surface area contributed by atoms with Gasteiger partial charge in [0, 0.05) is 18.8 Å². The minimum absolute atomic E-state index is 0.0117. The second kappa shape index (κ2) is 6.72. The molecule has 2 N–H and O–H groups in total. The van der Waals surface area contributed by atoms with Crippen LogP contribution in [0.5, 0.6) is 0 Å². The standard InChI is InChI=1S/C16H22N2O3/c1-11-3-5-13(6-4-11)18(8-7-15(19)20)16(21)14-10-17-9-12(14)2/h3-6,12,14,17H,7-10H2,1-2H3,(H,19,20)/t12-,14-/m1/s1. The van der Waals surface area contributed by atoms with Gasteiger partial charge in [0.2, 0.25) is 5.91 Å². The summed E-state index contributed by atoms with van der Waals surface area (Å²) in [6, 6.07) is 7.63. The molecular formula is C16H22N2O3. The van der Waals surface area contributed by atoms with Crippen molar-refractivity contribution in [1.29, 1.82) is 0 Å². The van der Waals surface area contributed by atoms with Crippen LogP contribution in [0.4, 0.5) is 5.69 Å². The molecule has 1 aromatic carbocycles. The Hall–Kier alpha value is -1.88. The number of aliphatic carboxylic acids is 1. The van der Waals surface area contributed by atoms with Crippen LogP contribution in [0.15, 0.2) is 24.3 Å². The Kier molecular flexibility index (Phi) is 4.96. The monoisotopic (exact) mass is 290 g/mol. The van der Waals surface area contributed by atoms with Gasteiger partial charge in [0.25, 0.3) is 0 Å². The van der Waals surface area contributed by atoms with Crippen LogP contribution in [-0.4, -0.2) is 36.6 Å². The summed E-state index contributed by atoms with van der Waals surface area (Å²) in [4.78, 5) is 25.2. The molecule has 0 saturated carbocycles. The summed E-state index contributed by atoms with van der Waals surface area (Å²) in [7, 11) is 0. The maximum absolute atomic E-state index is 12.7. The molecule has 1 heterocycles. The first-order chi connectivity index (χ1) is 9.99. The molecule has 114 valence electrons. The lowest BCUT2D eigenvalue weighted by Crippen LogP contribution is -2.40. The summed E-state index contributed by atoms with van der Waals surface area (Å²) < 4.78 is 0. The van der Waals surface area contributed by atoms with Crippen molar-refractivity contribution in [2.45, 2.75) is 20.3 Å². The van der Waals surface area contributed by atoms with E-state index in [2.05, 4.69) is 5.32 Å². The highest BCUT2D eigenvalue weighted by atomic mass is 16.4. The lowest BCUT2D eigenvalue weighted by molar-refractivity contribution is -0.136. The minimum Gasteiger partial charge on any atom is -0.481 e. The van der Waals surface area contributed by atoms with Crippen molar-refractivity contribution in [3.63, 3.8) is 0 Å². The molecule has 0 radical (unpaired) electrons. The molecule has 1 aliphatic heterocycles. The lowest BCUT2D eigenvalue weighted by atomic mass is 9.96. The van der Waals surface area contributed by atoms with Crippen molar-refractivity contribution >= 4 is 17.6 Å². The van der Waals surface area contributed by atoms with Gasteiger partial charge in [0.1, 0.15) is 0 Å². The smallest absolute Gasteiger partial charge is 0.305 e. The Morgan fingerprint density at radius 3 is 2.48 bits per heavy atom. The van der Waals surface area contributed by atoms with Crippen LogP contribution in [0.2, 0.25) is 0 Å². The van der Waals surface area contributed by atoms with Gasteiger partial charge in [-0.05, 0) is 31.5 Å². The second-order valence-electron chi connectivity index (χ2n) is 5.71. The van der Waals surface area contributed by atoms with Crippen LogP contribution in [0.3, 0.4) is 0 Å². The molecule has 5 nitrogen and oxygen atoms in total. The third-order valence-corrected chi connectivity index (χ3v) is 4.00. The van der Waals surface area contributed by atoms with Gasteiger partial charge in [-0.15, -0.1) is 0 Å². The number of carbonyl (C=O) groups is 2. The largest absolute Gasteiger partial charge is 0.481 e. The van der Waals surface area contributed by atoms with Gasteiger partial charge in [-0.25, -0.2) is 0 Å². The topological polar surface area (TPSA) is 69.6 Å². The first-order valence-corrected chi connectivity index (χ1v) is 7.29. The quantitative estimate of drug-likeness (QED) is 0.865. The number of nitrogens with zero attached hydrogens (tertiary/aromatic N) is 1. The number of carbonyl (C=O) groups excluding carboxylic acids is 1. The number of hydrogen-bond acceptors (Lipinski definition) is 3. The fourth-order valence-corrected chi connectivity index (χ4v) is 2.64. The molecule has 0 unspecified atom stereocenters. The van der Waals surface area contributed by atoms with E-state index in [4.69, 9.17) is 5.11 Å². The number of carboxylic acids is 1. The summed E-state index contributed by atoms with van der Waals surface area (Å²) in [5.74, 6) is -0.689. The van der Waals surface area contributed by atoms with Crippen molar-refractivity contribution in [2.75, 3.05) is 24.5 Å². The molecule has 0 aliphatic carbocycles. The molecule has 5 heteroatoms. The molecule has 2 rings (SSSR count). The van der Waals surface area contributed by atoms with E-state index >= 15 is 0 Å². The van der Waals surface area contributed by atoms with E-state index in [9.17, 15) is 9.59 Å². The summed E-state index contributed by atoms with van der Waals surface area (Å²) >= 11 is 0. The molecule has 0 aromatic heterocycles. The summed E-state index contributed by atoms with van der Waals surface area (Å²) in [5.41, 5.74) is 1.88. The maximum Gasteiger partial charge on any atom is 0.305 e. The fraction of sp³-hybridized carbons (Fsp3) is 0.500. The number of nitrogens with one attached hydrogen (secondary N) is 1. The Labute approximate surface area is 125 Å². The second-order valence-corrected chi connectivity index (χ2v) is 5.71. The van der Waals surface area contributed by atoms with Crippen molar-refractivity contribution in [2.24, 2.45) is 11.8 Å². The fourth-order valence-electron chi connectivity index (χ4n) is 2.64. The van der Waals surface area contributed by atoms with Gasteiger partial charge in [0.05, 0.1) is 12.3 Å². The van der Waals surface area contributed by atoms with Crippen molar-refractivity contribution < 1.29 is 14.7 Å². The number of hydrogen-bond donors (Lipinski definition) is 2. The number of rotatable bonds is 5. The average Bonchev–Trinajstić information content (AvgIpc) is 2.86. The summed E-state index contributed by atoms with van der Waals surface area (Å²) in [6.07, 6.45) is -0.0475. The molecular weight excluding hydrogens is 268 g/mol. The summed E-state index contributed by atoms with van der Waals surface area (Å²) in [5, 5.41) is 12.1. The van der Waals surface area contributed by atoms with Crippen LogP contribution in [0.1, 0.15) is 18.9 Å². The molecule has 1 aromatic rings. The van der Waals surface area contributed by atoms with Crippen LogP contribution in [-0.2, 0) is 9.59 Å². The maximum atomic E-state index is 12.7. The van der Waals surface area contributed by atoms with Crippen molar-refractivity contribution in [3.8, 4) is 0 Å². The van der Waals surface area contributed by atoms with Gasteiger partial charge >= 0.3 is 5.97 Å². The Morgan fingerprint density at radius 2 is 1.95 bits per heavy atom. The van der Waals surface area contributed by atoms with Gasteiger partial charge in [0.15, 0.2) is 0 Å². The molecule has 1 saturated heterocycles. The molecule has 1 amide bonds. The predicted octanol–water partition coefficient (Wildman–Crippen LogP) is 1.66. The number of aryl methyl sites for hydroxylation is 1.